The third kappa shape index (κ3) is 5.00. The lowest BCUT2D eigenvalue weighted by atomic mass is 10.1. The second-order valence-electron chi connectivity index (χ2n) is 9.76. The highest BCUT2D eigenvalue weighted by Gasteiger charge is 2.52. The van der Waals surface area contributed by atoms with Gasteiger partial charge in [-0.1, -0.05) is 0 Å². The lowest BCUT2D eigenvalue weighted by Crippen LogP contribution is -2.43. The fraction of sp³-hybridized carbons (Fsp3) is 0.500. The fourth-order valence-corrected chi connectivity index (χ4v) is 6.91. The summed E-state index contributed by atoms with van der Waals surface area (Å²) in [4.78, 5) is 34.6. The van der Waals surface area contributed by atoms with E-state index < -0.39 is 80.3 Å². The summed E-state index contributed by atoms with van der Waals surface area (Å²) in [6.07, 6.45) is -5.62. The van der Waals surface area contributed by atoms with Crippen LogP contribution in [-0.4, -0.2) is 91.2 Å². The van der Waals surface area contributed by atoms with E-state index in [1.165, 1.54) is 12.7 Å². The van der Waals surface area contributed by atoms with Gasteiger partial charge in [0.2, 0.25) is 5.95 Å². The normalized spacial score (nSPS) is 32.3. The number of hydrogen-bond donors (Lipinski definition) is 4. The van der Waals surface area contributed by atoms with Crippen LogP contribution >= 0.6 is 8.25 Å². The summed E-state index contributed by atoms with van der Waals surface area (Å²) in [5, 5.41) is 0. The van der Waals surface area contributed by atoms with E-state index in [4.69, 9.17) is 34.2 Å². The first kappa shape index (κ1) is 28.0. The number of halogens is 1. The van der Waals surface area contributed by atoms with Crippen molar-refractivity contribution in [1.82, 2.24) is 43.8 Å². The number of nitrogens with two attached hydrogens (primary N) is 2. The molecule has 4 aromatic heterocycles. The molecule has 7 rings (SSSR count). The quantitative estimate of drug-likeness (QED) is 0.190. The van der Waals surface area contributed by atoms with Crippen LogP contribution in [0.2, 0.25) is 0 Å². The summed E-state index contributed by atoms with van der Waals surface area (Å²) in [7, 11) is -7.43. The lowest BCUT2D eigenvalue weighted by molar-refractivity contribution is -0.0429. The molecule has 3 aliphatic rings. The average Bonchev–Trinajstić information content (AvgIpc) is 3.72. The molecule has 4 aromatic rings. The van der Waals surface area contributed by atoms with E-state index in [1.807, 2.05) is 0 Å². The van der Waals surface area contributed by atoms with E-state index in [0.717, 1.165) is 10.9 Å². The zero-order chi connectivity index (χ0) is 30.0. The Morgan fingerprint density at radius 3 is 2.65 bits per heavy atom. The van der Waals surface area contributed by atoms with Gasteiger partial charge in [-0.3, -0.25) is 18.9 Å². The number of imidazole rings is 2. The van der Waals surface area contributed by atoms with Crippen LogP contribution in [0.4, 0.5) is 16.2 Å². The van der Waals surface area contributed by atoms with Gasteiger partial charge in [-0.05, 0) is 0 Å². The number of rotatable bonds is 2. The molecule has 43 heavy (non-hydrogen) atoms. The molecular weight excluding hydrogens is 620 g/mol. The van der Waals surface area contributed by atoms with E-state index in [1.54, 1.807) is 4.57 Å². The number of nitrogens with one attached hydrogen (secondary N) is 2. The maximum Gasteiger partial charge on any atom is 0.697 e. The second kappa shape index (κ2) is 10.4. The highest BCUT2D eigenvalue weighted by molar-refractivity contribution is 7.84. The standard InChI is InChI=1S/C20H21FN11O9PS/c21-11-14-9(39-19(11)32-6-27-13-17(32)29-20(23)30-18(13)33)3-37-42(34)40-7-1-10(38-8(7)2-28-43(35,36)41-14)31-5-26-12-15(22)24-4-25-16(12)31/h4-11,14,19,28H,1-3H2,(H4-,22,23,24,25,29,30,33)/p+1/t7-,8+,9+,10+,11+,14+,19+/m0/s1. The molecule has 228 valence electrons. The summed E-state index contributed by atoms with van der Waals surface area (Å²) in [6, 6.07) is 0. The first-order chi connectivity index (χ1) is 20.6. The van der Waals surface area contributed by atoms with Gasteiger partial charge in [0.15, 0.2) is 35.0 Å². The van der Waals surface area contributed by atoms with Gasteiger partial charge in [-0.15, -0.1) is 9.05 Å². The van der Waals surface area contributed by atoms with Crippen LogP contribution in [0.25, 0.3) is 22.3 Å². The molecule has 6 N–H and O–H groups in total. The lowest BCUT2D eigenvalue weighted by Gasteiger charge is -2.21. The van der Waals surface area contributed by atoms with Crippen molar-refractivity contribution in [2.24, 2.45) is 0 Å². The summed E-state index contributed by atoms with van der Waals surface area (Å²) < 4.78 is 87.3. The number of aromatic amines is 1. The van der Waals surface area contributed by atoms with Gasteiger partial charge in [0.05, 0.1) is 12.7 Å². The van der Waals surface area contributed by atoms with Crippen molar-refractivity contribution in [3.8, 4) is 0 Å². The molecule has 0 aliphatic carbocycles. The zero-order valence-corrected chi connectivity index (χ0v) is 23.3. The average molecular weight is 643 g/mol. The van der Waals surface area contributed by atoms with Crippen LogP contribution in [0.15, 0.2) is 23.8 Å². The molecular formula is C20H22FN11O9PS+. The Morgan fingerprint density at radius 1 is 1.02 bits per heavy atom. The van der Waals surface area contributed by atoms with Crippen molar-refractivity contribution >= 4 is 52.7 Å². The minimum atomic E-state index is -4.61. The Kier molecular flexibility index (Phi) is 6.81. The highest BCUT2D eigenvalue weighted by Crippen LogP contribution is 2.41. The third-order valence-corrected chi connectivity index (χ3v) is 8.93. The molecule has 0 bridgehead atoms. The molecule has 20 nitrogen and oxygen atoms in total. The number of nitrogens with zero attached hydrogens (tertiary/aromatic N) is 7. The maximum atomic E-state index is 15.8. The number of ether oxygens (including phenoxy) is 2. The van der Waals surface area contributed by atoms with Crippen molar-refractivity contribution in [2.45, 2.75) is 49.5 Å². The first-order valence-electron chi connectivity index (χ1n) is 12.6. The molecule has 3 aliphatic heterocycles. The largest absolute Gasteiger partial charge is 0.697 e. The molecule has 0 radical (unpaired) electrons. The van der Waals surface area contributed by atoms with Crippen LogP contribution in [0.3, 0.4) is 0 Å². The zero-order valence-electron chi connectivity index (χ0n) is 21.6. The van der Waals surface area contributed by atoms with Gasteiger partial charge in [0, 0.05) is 17.5 Å². The first-order valence-corrected chi connectivity index (χ1v) is 15.1. The molecule has 8 atom stereocenters. The molecule has 23 heteroatoms. The van der Waals surface area contributed by atoms with Gasteiger partial charge in [0.25, 0.3) is 5.56 Å². The van der Waals surface area contributed by atoms with E-state index >= 15 is 4.39 Å². The van der Waals surface area contributed by atoms with Crippen molar-refractivity contribution in [3.05, 3.63) is 29.3 Å². The molecule has 3 fully saturated rings. The molecule has 0 aromatic carbocycles. The Morgan fingerprint density at radius 2 is 1.81 bits per heavy atom. The van der Waals surface area contributed by atoms with Crippen LogP contribution in [0.5, 0.6) is 0 Å². The minimum absolute atomic E-state index is 0.104. The van der Waals surface area contributed by atoms with E-state index in [9.17, 15) is 17.8 Å². The van der Waals surface area contributed by atoms with E-state index in [-0.39, 0.29) is 29.4 Å². The summed E-state index contributed by atoms with van der Waals surface area (Å²) in [6.45, 7) is -0.980. The Hall–Kier alpha value is -3.76. The Labute approximate surface area is 240 Å². The van der Waals surface area contributed by atoms with Gasteiger partial charge in [-0.2, -0.15) is 18.1 Å². The fourth-order valence-electron chi connectivity index (χ4n) is 5.18. The number of fused-ring (bicyclic) bond motifs is 4. The number of H-pyrrole nitrogens is 1. The number of nitrogen functional groups attached to an aromatic ring is 2. The Bertz CT molecular complexity index is 1900. The van der Waals surface area contributed by atoms with Crippen LogP contribution in [0, 0.1) is 0 Å². The van der Waals surface area contributed by atoms with E-state index in [0.29, 0.717) is 11.2 Å². The topological polar surface area (TPSA) is 269 Å². The van der Waals surface area contributed by atoms with Crippen molar-refractivity contribution in [2.75, 3.05) is 24.6 Å². The molecule has 0 amide bonds. The predicted molar refractivity (Wildman–Crippen MR) is 140 cm³/mol. The number of anilines is 2. The van der Waals surface area contributed by atoms with Crippen LogP contribution in [0.1, 0.15) is 18.9 Å². The SMILES string of the molecule is Nc1nc2c(ncn2[C@@H]2O[C@@H]3CO[P+](=O)O[C@H]4C[C@H](n5cnc6c(N)ncnc65)O[C@@H]4CNS(=O)(=O)O[C@H]3[C@H]2F)c(=O)[nH]1. The molecule has 0 spiro atoms. The van der Waals surface area contributed by atoms with Crippen LogP contribution < -0.4 is 21.7 Å². The van der Waals surface area contributed by atoms with Gasteiger partial charge in [0.1, 0.15) is 49.1 Å². The highest BCUT2D eigenvalue weighted by atomic mass is 32.2. The molecule has 7 heterocycles. The predicted octanol–water partition coefficient (Wildman–Crippen LogP) is -1.06. The van der Waals surface area contributed by atoms with Crippen LogP contribution in [-0.2, 0) is 37.6 Å². The molecule has 0 saturated carbocycles. The number of alkyl halides is 1. The molecule has 3 saturated heterocycles. The summed E-state index contributed by atoms with van der Waals surface area (Å²) >= 11 is 0. The van der Waals surface area contributed by atoms with Crippen molar-refractivity contribution in [1.29, 1.82) is 0 Å². The smallest absolute Gasteiger partial charge is 0.382 e. The third-order valence-electron chi connectivity index (χ3n) is 7.13. The monoisotopic (exact) mass is 642 g/mol. The van der Waals surface area contributed by atoms with Gasteiger partial charge in [-0.25, -0.2) is 28.5 Å². The number of hydrogen-bond acceptors (Lipinski definition) is 16. The minimum Gasteiger partial charge on any atom is -0.382 e. The maximum absolute atomic E-state index is 15.8. The number of aromatic nitrogens is 8. The molecule has 1 unspecified atom stereocenters. The summed E-state index contributed by atoms with van der Waals surface area (Å²) in [5.74, 6) is -0.101. The second-order valence-corrected chi connectivity index (χ2v) is 12.1. The Balaban J connectivity index is 1.13. The van der Waals surface area contributed by atoms with Crippen molar-refractivity contribution in [3.63, 3.8) is 0 Å². The van der Waals surface area contributed by atoms with E-state index in [2.05, 4.69) is 34.6 Å². The van der Waals surface area contributed by atoms with Gasteiger partial charge >= 0.3 is 18.6 Å². The summed E-state index contributed by atoms with van der Waals surface area (Å²) in [5.41, 5.74) is 11.2. The van der Waals surface area contributed by atoms with Crippen molar-refractivity contribution < 1.29 is 40.1 Å². The van der Waals surface area contributed by atoms with Gasteiger partial charge < -0.3 is 20.9 Å².